The third-order valence-electron chi connectivity index (χ3n) is 10.2. The van der Waals surface area contributed by atoms with E-state index in [4.69, 9.17) is 18.8 Å². The first-order valence-corrected chi connectivity index (χ1v) is 29.4. The van der Waals surface area contributed by atoms with Crippen molar-refractivity contribution in [1.82, 2.24) is 0 Å². The van der Waals surface area contributed by atoms with Gasteiger partial charge in [0.25, 0.3) is 0 Å². The molecule has 0 spiro atoms. The molecule has 4 rings (SSSR count). The maximum atomic E-state index is 6.32. The Morgan fingerprint density at radius 1 is 0.581 bits per heavy atom. The van der Waals surface area contributed by atoms with Crippen molar-refractivity contribution in [2.75, 3.05) is 13.2 Å². The Morgan fingerprint density at radius 2 is 0.930 bits per heavy atom. The number of rotatable bonds is 13. The quantitative estimate of drug-likeness (QED) is 0.106. The van der Waals surface area contributed by atoms with Gasteiger partial charge in [-0.2, -0.15) is 0 Å². The number of halogens is 2. The van der Waals surface area contributed by atoms with E-state index in [2.05, 4.69) is 67.7 Å². The number of fused-ring (bicyclic) bond motifs is 2. The van der Waals surface area contributed by atoms with Crippen molar-refractivity contribution in [2.45, 2.75) is 167 Å². The van der Waals surface area contributed by atoms with Gasteiger partial charge in [-0.25, -0.2) is 0 Å². The molecule has 0 amide bonds. The molecule has 4 nitrogen and oxygen atoms in total. The van der Waals surface area contributed by atoms with E-state index >= 15 is 0 Å². The average Bonchev–Trinajstić information content (AvgIpc) is 2.96. The third-order valence-corrected chi connectivity index (χ3v) is 12.4. The van der Waals surface area contributed by atoms with Crippen molar-refractivity contribution in [1.29, 1.82) is 0 Å². The van der Waals surface area contributed by atoms with Crippen molar-refractivity contribution in [2.24, 2.45) is 33.7 Å². The Balaban J connectivity index is 0.00000162. The van der Waals surface area contributed by atoms with Crippen LogP contribution >= 0.6 is 28.5 Å². The topological polar surface area (TPSA) is 43.2 Å². The molecular formula is C34H64Br2N2NiO2Si2. The number of hydrogen-bond donors (Lipinski definition) is 0. The molecule has 9 heteroatoms. The van der Waals surface area contributed by atoms with Crippen LogP contribution in [0.25, 0.3) is 0 Å². The molecule has 43 heavy (non-hydrogen) atoms. The van der Waals surface area contributed by atoms with Gasteiger partial charge < -0.3 is 8.85 Å². The Labute approximate surface area is 288 Å². The fourth-order valence-electron chi connectivity index (χ4n) is 8.33. The van der Waals surface area contributed by atoms with Gasteiger partial charge in [-0.05, 0) is 114 Å². The summed E-state index contributed by atoms with van der Waals surface area (Å²) < 4.78 is 12.6. The first-order valence-electron chi connectivity index (χ1n) is 17.7. The normalized spacial score (nSPS) is 30.7. The molecular weight excluding hydrogens is 743 g/mol. The first kappa shape index (κ1) is 38.6. The summed E-state index contributed by atoms with van der Waals surface area (Å²) in [5, 5.41) is 0. The van der Waals surface area contributed by atoms with Crippen molar-refractivity contribution in [3.8, 4) is 0 Å². The van der Waals surface area contributed by atoms with Gasteiger partial charge in [-0.15, -0.1) is 0 Å². The number of aliphatic imine (C=N–C) groups is 2. The van der Waals surface area contributed by atoms with Gasteiger partial charge >= 0.3 is 39.3 Å². The van der Waals surface area contributed by atoms with Crippen LogP contribution in [0.4, 0.5) is 0 Å². The Kier molecular flexibility index (Phi) is 17.8. The third kappa shape index (κ3) is 14.4. The zero-order chi connectivity index (χ0) is 31.3. The summed E-state index contributed by atoms with van der Waals surface area (Å²) in [7, 11) is -1.76. The van der Waals surface area contributed by atoms with Crippen molar-refractivity contribution in [3.05, 3.63) is 0 Å². The maximum absolute atomic E-state index is 6.32. The van der Waals surface area contributed by atoms with E-state index in [1.807, 2.05) is 0 Å². The molecule has 0 aromatic rings. The van der Waals surface area contributed by atoms with E-state index in [1.54, 1.807) is 0 Å². The van der Waals surface area contributed by atoms with Gasteiger partial charge in [0.1, 0.15) is 0 Å². The first-order chi connectivity index (χ1) is 20.5. The zero-order valence-corrected chi connectivity index (χ0v) is 34.5. The summed E-state index contributed by atoms with van der Waals surface area (Å²) in [6, 6.07) is 1.04. The summed E-state index contributed by atoms with van der Waals surface area (Å²) in [5.74, 6) is 3.45. The molecule has 0 aromatic heterocycles. The molecule has 0 aliphatic heterocycles. The fraction of sp³-hybridized carbons (Fsp3) is 0.941. The Hall–Kier alpha value is 1.15. The summed E-state index contributed by atoms with van der Waals surface area (Å²) in [6.45, 7) is 15.6. The van der Waals surface area contributed by atoms with Crippen LogP contribution in [-0.2, 0) is 19.7 Å². The fourth-order valence-corrected chi connectivity index (χ4v) is 9.85. The van der Waals surface area contributed by atoms with Gasteiger partial charge in [0.05, 0.1) is 23.5 Å². The molecule has 4 fully saturated rings. The summed E-state index contributed by atoms with van der Waals surface area (Å²) in [5.41, 5.74) is 2.72. The summed E-state index contributed by atoms with van der Waals surface area (Å²) in [4.78, 5) is 11.5. The molecule has 0 N–H and O–H groups in total. The molecule has 6 atom stereocenters. The molecule has 4 aliphatic rings. The predicted molar refractivity (Wildman–Crippen MR) is 196 cm³/mol. The van der Waals surface area contributed by atoms with E-state index < -0.39 is 16.6 Å². The second-order valence-corrected chi connectivity index (χ2v) is 29.7. The SMILES string of the molecule is C[Si](C)(C)OCCCC(=NC1CCCC2CCCCC21)C(CCCO[Si](C)(C)C)=NC1CCCC2CCCCC21.[Br][Ni][Br]. The Bertz CT molecular complexity index is 792. The molecule has 0 saturated heterocycles. The van der Waals surface area contributed by atoms with Crippen LogP contribution in [0.5, 0.6) is 0 Å². The van der Waals surface area contributed by atoms with E-state index in [-0.39, 0.29) is 0 Å². The van der Waals surface area contributed by atoms with Gasteiger partial charge in [-0.1, -0.05) is 64.2 Å². The molecule has 6 unspecified atom stereocenters. The van der Waals surface area contributed by atoms with E-state index in [0.29, 0.717) is 12.1 Å². The van der Waals surface area contributed by atoms with Crippen LogP contribution < -0.4 is 0 Å². The minimum atomic E-state index is -1.50. The minimum absolute atomic E-state index is 0.518. The Morgan fingerprint density at radius 3 is 1.30 bits per heavy atom. The van der Waals surface area contributed by atoms with Gasteiger partial charge in [0.15, 0.2) is 16.6 Å². The van der Waals surface area contributed by atoms with Crippen LogP contribution in [0.2, 0.25) is 39.3 Å². The molecule has 0 heterocycles. The van der Waals surface area contributed by atoms with Crippen LogP contribution in [0.15, 0.2) is 9.98 Å². The monoisotopic (exact) mass is 804 g/mol. The second kappa shape index (κ2) is 19.8. The van der Waals surface area contributed by atoms with Crippen LogP contribution in [0, 0.1) is 23.7 Å². The zero-order valence-electron chi connectivity index (χ0n) is 28.4. The number of nitrogens with zero attached hydrogens (tertiary/aromatic N) is 2. The predicted octanol–water partition coefficient (Wildman–Crippen LogP) is 11.5. The standard InChI is InChI=1S/C34H64N2O2Si2.2BrH.Ni/c1-39(2,3)37-25-13-23-33(35-31-21-11-17-27-15-7-9-19-29(27)31)34(24-14-26-38-40(4,5)6)36-32-22-12-18-28-16-8-10-20-30(28)32;;;/h27-32H,7-26H2,1-6H3;2*1H;/q;;;+2/p-2. The molecule has 0 aromatic carbocycles. The van der Waals surface area contributed by atoms with E-state index in [1.165, 1.54) is 112 Å². The second-order valence-electron chi connectivity index (χ2n) is 15.7. The molecule has 254 valence electrons. The van der Waals surface area contributed by atoms with Crippen LogP contribution in [0.1, 0.15) is 116 Å². The number of hydrogen-bond acceptors (Lipinski definition) is 4. The van der Waals surface area contributed by atoms with Crippen molar-refractivity contribution in [3.63, 3.8) is 0 Å². The van der Waals surface area contributed by atoms with Crippen LogP contribution in [-0.4, -0.2) is 53.4 Å². The van der Waals surface area contributed by atoms with Gasteiger partial charge in [0.2, 0.25) is 0 Å². The van der Waals surface area contributed by atoms with Crippen molar-refractivity contribution >= 4 is 56.5 Å². The van der Waals surface area contributed by atoms with Gasteiger partial charge in [0, 0.05) is 13.2 Å². The molecule has 4 saturated carbocycles. The van der Waals surface area contributed by atoms with Gasteiger partial charge in [-0.3, -0.25) is 9.98 Å². The van der Waals surface area contributed by atoms with Crippen LogP contribution in [0.3, 0.4) is 0 Å². The molecule has 4 aliphatic carbocycles. The van der Waals surface area contributed by atoms with E-state index in [9.17, 15) is 0 Å². The summed E-state index contributed by atoms with van der Waals surface area (Å²) >= 11 is 6.00. The summed E-state index contributed by atoms with van der Waals surface area (Å²) in [6.07, 6.45) is 23.8. The van der Waals surface area contributed by atoms with Crippen molar-refractivity contribution < 1.29 is 19.7 Å². The molecule has 0 radical (unpaired) electrons. The van der Waals surface area contributed by atoms with E-state index in [0.717, 1.165) is 62.6 Å². The molecule has 0 bridgehead atoms. The average molecular weight is 808 g/mol.